The summed E-state index contributed by atoms with van der Waals surface area (Å²) in [6.07, 6.45) is 25.0. The number of rotatable bonds is 15. The first-order valence-corrected chi connectivity index (χ1v) is 41.0. The van der Waals surface area contributed by atoms with Crippen LogP contribution >= 0.6 is 0 Å². The summed E-state index contributed by atoms with van der Waals surface area (Å²) in [5, 5.41) is 43.1. The fourth-order valence-electron chi connectivity index (χ4n) is 11.0. The highest BCUT2D eigenvalue weighted by Crippen LogP contribution is 2.28. The zero-order chi connectivity index (χ0) is 89.3. The third kappa shape index (κ3) is 30.2. The molecule has 15 rings (SSSR count). The van der Waals surface area contributed by atoms with Gasteiger partial charge in [0, 0.05) is 155 Å². The Kier molecular flexibility index (Phi) is 37.4. The Balaban J connectivity index is 0.000000177. The van der Waals surface area contributed by atoms with Gasteiger partial charge >= 0.3 is 0 Å². The molecule has 124 heavy (non-hydrogen) atoms. The number of hydrogen-bond acceptors (Lipinski definition) is 21. The van der Waals surface area contributed by atoms with Gasteiger partial charge in [0.15, 0.2) is 11.6 Å². The quantitative estimate of drug-likeness (QED) is 0.0920. The molecule has 15 aromatic rings. The molecule has 0 fully saturated rings. The summed E-state index contributed by atoms with van der Waals surface area (Å²) < 4.78 is 0. The molecule has 21 heteroatoms. The second-order valence-electron chi connectivity index (χ2n) is 30.8. The lowest BCUT2D eigenvalue weighted by Gasteiger charge is -2.10. The number of aromatic nitrogens is 16. The average Bonchev–Trinajstić information content (AvgIpc) is 0.816. The maximum absolute atomic E-state index is 8.84. The van der Waals surface area contributed by atoms with Crippen molar-refractivity contribution in [3.63, 3.8) is 0 Å². The van der Waals surface area contributed by atoms with Gasteiger partial charge in [-0.1, -0.05) is 256 Å². The summed E-state index contributed by atoms with van der Waals surface area (Å²) in [7, 11) is 0. The van der Waals surface area contributed by atoms with Crippen LogP contribution in [0.15, 0.2) is 287 Å². The normalized spacial score (nSPS) is 10.3. The van der Waals surface area contributed by atoms with Gasteiger partial charge in [-0.3, -0.25) is 0 Å². The molecule has 8 aromatic heterocycles. The molecule has 0 amide bonds. The molecule has 0 atom stereocenters. The standard InChI is InChI=1S/C19H18N2.3C14H13N3.2C13H14N2.2C8H9N3/c1-14(2)19-20-17(15-9-5-3-6-10-15)13-18(21-19)16-11-7-4-8-12-16;1-10(2)14-16-8-13(9-17-14)12-5-3-11(7-15)4-6-12;1-10(2)13-8-16-14(17-9-13)12-5-3-11(7-15)4-6-12;1-10(2)14-16-8-13(9-17-14)12-5-3-4-11(6-12)7-15;1-10(2)13-14-8-12(9-15-13)11-6-4-3-5-7-11;1-10(2)12-8-14-13(15-9-12)11-6-4-3-5-7-11;1-6(2)7-4-10-8(3-9)11-5-7;1-6(2)8-10-4-7(3-9)5-11-8/h3-14H,1-2H3;3*3-6,8-10H,1-2H3;2*3-10H,1-2H3;2*4-6H,1-2H3. The fraction of sp³-hybridized carbons (Fsp3) is 0.233. The zero-order valence-corrected chi connectivity index (χ0v) is 73.1. The maximum atomic E-state index is 8.84. The molecule has 0 aliphatic carbocycles. The summed E-state index contributed by atoms with van der Waals surface area (Å²) in [6.45, 7) is 33.3. The highest BCUT2D eigenvalue weighted by molar-refractivity contribution is 5.69. The van der Waals surface area contributed by atoms with Crippen molar-refractivity contribution in [2.24, 2.45) is 0 Å². The van der Waals surface area contributed by atoms with Crippen LogP contribution in [-0.4, -0.2) is 79.7 Å². The first kappa shape index (κ1) is 94.1. The van der Waals surface area contributed by atoms with Gasteiger partial charge in [-0.2, -0.15) is 26.3 Å². The van der Waals surface area contributed by atoms with Crippen molar-refractivity contribution in [3.8, 4) is 109 Å². The largest absolute Gasteiger partial charge is 0.240 e. The minimum atomic E-state index is 0.231. The van der Waals surface area contributed by atoms with Crippen LogP contribution in [0, 0.1) is 56.7 Å². The lowest BCUT2D eigenvalue weighted by molar-refractivity contribution is 0.772. The second-order valence-corrected chi connectivity index (χ2v) is 30.8. The van der Waals surface area contributed by atoms with E-state index in [1.54, 1.807) is 67.5 Å². The van der Waals surface area contributed by atoms with Crippen LogP contribution in [0.1, 0.15) is 232 Å². The van der Waals surface area contributed by atoms with E-state index in [2.05, 4.69) is 227 Å². The molecule has 0 bridgehead atoms. The van der Waals surface area contributed by atoms with Gasteiger partial charge in [0.25, 0.3) is 0 Å². The predicted octanol–water partition coefficient (Wildman–Crippen LogP) is 23.8. The summed E-state index contributed by atoms with van der Waals surface area (Å²) in [6, 6.07) is 75.1. The highest BCUT2D eigenvalue weighted by Gasteiger charge is 2.14. The highest BCUT2D eigenvalue weighted by atomic mass is 14.9. The zero-order valence-electron chi connectivity index (χ0n) is 73.1. The van der Waals surface area contributed by atoms with Crippen LogP contribution in [-0.2, 0) is 0 Å². The minimum absolute atomic E-state index is 0.231. The average molecular weight is 1640 g/mol. The van der Waals surface area contributed by atoms with Crippen molar-refractivity contribution >= 4 is 0 Å². The fourth-order valence-corrected chi connectivity index (χ4v) is 11.0. The number of hydrogen-bond donors (Lipinski definition) is 0. The molecule has 8 heterocycles. The van der Waals surface area contributed by atoms with Crippen molar-refractivity contribution in [2.45, 2.75) is 158 Å². The number of nitrogens with zero attached hydrogens (tertiary/aromatic N) is 21. The monoisotopic (exact) mass is 1630 g/mol. The minimum Gasteiger partial charge on any atom is -0.240 e. The summed E-state index contributed by atoms with van der Waals surface area (Å²) >= 11 is 0. The lowest BCUT2D eigenvalue weighted by atomic mass is 10.1. The van der Waals surface area contributed by atoms with Crippen LogP contribution in [0.2, 0.25) is 0 Å². The Bertz CT molecular complexity index is 5600. The molecule has 0 saturated carbocycles. The van der Waals surface area contributed by atoms with E-state index < -0.39 is 0 Å². The molecular weight excluding hydrogens is 1530 g/mol. The van der Waals surface area contributed by atoms with Gasteiger partial charge in [-0.25, -0.2) is 79.7 Å². The van der Waals surface area contributed by atoms with Crippen molar-refractivity contribution in [3.05, 3.63) is 361 Å². The van der Waals surface area contributed by atoms with Gasteiger partial charge in [0.2, 0.25) is 5.82 Å². The van der Waals surface area contributed by atoms with Crippen LogP contribution in [0.5, 0.6) is 0 Å². The topological polar surface area (TPSA) is 325 Å². The first-order chi connectivity index (χ1) is 59.9. The molecule has 0 spiro atoms. The Morgan fingerprint density at radius 3 is 0.782 bits per heavy atom. The third-order valence-corrected chi connectivity index (χ3v) is 18.5. The van der Waals surface area contributed by atoms with Crippen LogP contribution in [0.4, 0.5) is 0 Å². The Hall–Kier alpha value is -15.4. The van der Waals surface area contributed by atoms with Crippen LogP contribution in [0.25, 0.3) is 78.7 Å². The summed E-state index contributed by atoms with van der Waals surface area (Å²) in [5.74, 6) is 8.98. The molecule has 0 aliphatic rings. The molecule has 0 radical (unpaired) electrons. The van der Waals surface area contributed by atoms with Crippen molar-refractivity contribution in [1.82, 2.24) is 79.7 Å². The van der Waals surface area contributed by atoms with Gasteiger partial charge in [-0.05, 0) is 106 Å². The number of benzene rings is 7. The number of nitriles is 5. The third-order valence-electron chi connectivity index (χ3n) is 18.5. The molecule has 0 unspecified atom stereocenters. The van der Waals surface area contributed by atoms with Gasteiger partial charge in [0.1, 0.15) is 41.3 Å². The summed E-state index contributed by atoms with van der Waals surface area (Å²) in [5.41, 5.74) is 18.2. The molecular formula is C103H103N21. The Morgan fingerprint density at radius 1 is 0.194 bits per heavy atom. The van der Waals surface area contributed by atoms with E-state index >= 15 is 0 Å². The smallest absolute Gasteiger partial charge is 0.232 e. The van der Waals surface area contributed by atoms with Crippen molar-refractivity contribution in [1.29, 1.82) is 26.3 Å². The van der Waals surface area contributed by atoms with Crippen LogP contribution < -0.4 is 0 Å². The van der Waals surface area contributed by atoms with E-state index in [1.807, 2.05) is 203 Å². The predicted molar refractivity (Wildman–Crippen MR) is 491 cm³/mol. The molecule has 0 N–H and O–H groups in total. The van der Waals surface area contributed by atoms with E-state index in [4.69, 9.17) is 36.3 Å². The Morgan fingerprint density at radius 2 is 0.468 bits per heavy atom. The lowest BCUT2D eigenvalue weighted by Crippen LogP contribution is -2.01. The van der Waals surface area contributed by atoms with Crippen molar-refractivity contribution < 1.29 is 0 Å². The first-order valence-electron chi connectivity index (χ1n) is 41.0. The molecule has 21 nitrogen and oxygen atoms in total. The SMILES string of the molecule is CC(C)c1cnc(-c2ccc(C#N)cc2)nc1.CC(C)c1cnc(-c2ccccc2)nc1.CC(C)c1cnc(C#N)nc1.CC(C)c1nc(-c2ccccc2)cc(-c2ccccc2)n1.CC(C)c1ncc(-c2ccc(C#N)cc2)cn1.CC(C)c1ncc(-c2cccc(C#N)c2)cn1.CC(C)c1ncc(-c2ccccc2)cn1.CC(C)c1ncc(C#N)cn1. The van der Waals surface area contributed by atoms with Gasteiger partial charge in [0.05, 0.1) is 51.8 Å². The van der Waals surface area contributed by atoms with Gasteiger partial charge < -0.3 is 0 Å². The van der Waals surface area contributed by atoms with E-state index in [9.17, 15) is 0 Å². The van der Waals surface area contributed by atoms with E-state index in [1.165, 1.54) is 5.56 Å². The Labute approximate surface area is 729 Å². The second kappa shape index (κ2) is 49.3. The molecule has 0 saturated heterocycles. The summed E-state index contributed by atoms with van der Waals surface area (Å²) in [4.78, 5) is 68.5. The molecule has 0 aliphatic heterocycles. The molecule has 620 valence electrons. The van der Waals surface area contributed by atoms with E-state index in [-0.39, 0.29) is 5.82 Å². The van der Waals surface area contributed by atoms with E-state index in [0.717, 1.165) is 113 Å². The van der Waals surface area contributed by atoms with Crippen molar-refractivity contribution in [2.75, 3.05) is 0 Å². The van der Waals surface area contributed by atoms with Crippen LogP contribution in [0.3, 0.4) is 0 Å². The van der Waals surface area contributed by atoms with Gasteiger partial charge in [-0.15, -0.1) is 0 Å². The molecule has 7 aromatic carbocycles. The maximum Gasteiger partial charge on any atom is 0.232 e. The van der Waals surface area contributed by atoms with E-state index in [0.29, 0.717) is 75.4 Å².